The lowest BCUT2D eigenvalue weighted by Gasteiger charge is -2.04. The Morgan fingerprint density at radius 3 is 2.17 bits per heavy atom. The van der Waals surface area contributed by atoms with E-state index in [0.717, 1.165) is 0 Å². The van der Waals surface area contributed by atoms with Crippen LogP contribution in [0, 0.1) is 0 Å². The summed E-state index contributed by atoms with van der Waals surface area (Å²) in [6.45, 7) is 0. The summed E-state index contributed by atoms with van der Waals surface area (Å²) in [6, 6.07) is 4.37. The lowest BCUT2D eigenvalue weighted by molar-refractivity contribution is -0.192. The Morgan fingerprint density at radius 1 is 1.22 bits per heavy atom. The third-order valence-electron chi connectivity index (χ3n) is 2.40. The number of carboxylic acids is 2. The van der Waals surface area contributed by atoms with E-state index in [2.05, 4.69) is 4.98 Å². The van der Waals surface area contributed by atoms with Crippen LogP contribution in [0.5, 0.6) is 0 Å². The molecule has 10 heteroatoms. The first-order chi connectivity index (χ1) is 10.5. The monoisotopic (exact) mass is 336 g/mol. The Hall–Kier alpha value is -2.49. The molecule has 0 aliphatic heterocycles. The second-order valence-corrected chi connectivity index (χ2v) is 4.32. The largest absolute Gasteiger partial charge is 0.490 e. The molecular formula is C13H15F3N2O5. The summed E-state index contributed by atoms with van der Waals surface area (Å²) in [5, 5.41) is 15.7. The SMILES string of the molecule is N[C@@H](CCC(=O)Cc1ccccn1)C(=O)O.O=C(O)C(F)(F)F. The zero-order chi connectivity index (χ0) is 18.0. The van der Waals surface area contributed by atoms with Crippen LogP contribution in [0.3, 0.4) is 0 Å². The van der Waals surface area contributed by atoms with Gasteiger partial charge in [0.2, 0.25) is 0 Å². The normalized spacial score (nSPS) is 11.8. The number of nitrogens with zero attached hydrogens (tertiary/aromatic N) is 1. The number of rotatable bonds is 6. The molecule has 128 valence electrons. The van der Waals surface area contributed by atoms with Crippen molar-refractivity contribution in [3.05, 3.63) is 30.1 Å². The number of aliphatic carboxylic acids is 2. The summed E-state index contributed by atoms with van der Waals surface area (Å²) < 4.78 is 31.7. The van der Waals surface area contributed by atoms with E-state index in [9.17, 15) is 22.8 Å². The number of Topliss-reactive ketones (excluding diaryl/α,β-unsaturated/α-hetero) is 1. The molecule has 0 fully saturated rings. The average Bonchev–Trinajstić information content (AvgIpc) is 2.45. The van der Waals surface area contributed by atoms with E-state index in [1.165, 1.54) is 0 Å². The summed E-state index contributed by atoms with van der Waals surface area (Å²) in [4.78, 5) is 34.8. The van der Waals surface area contributed by atoms with Gasteiger partial charge in [-0.25, -0.2) is 4.79 Å². The fraction of sp³-hybridized carbons (Fsp3) is 0.385. The Kier molecular flexibility index (Phi) is 8.48. The molecular weight excluding hydrogens is 321 g/mol. The zero-order valence-corrected chi connectivity index (χ0v) is 11.8. The Morgan fingerprint density at radius 2 is 1.78 bits per heavy atom. The number of carbonyl (C=O) groups is 3. The molecule has 0 aliphatic carbocycles. The molecule has 1 aromatic rings. The predicted octanol–water partition coefficient (Wildman–Crippen LogP) is 1.02. The van der Waals surface area contributed by atoms with Crippen LogP contribution in [0.2, 0.25) is 0 Å². The molecule has 0 amide bonds. The van der Waals surface area contributed by atoms with Gasteiger partial charge in [-0.3, -0.25) is 14.6 Å². The van der Waals surface area contributed by atoms with Gasteiger partial charge in [-0.05, 0) is 18.6 Å². The van der Waals surface area contributed by atoms with Gasteiger partial charge in [-0.2, -0.15) is 13.2 Å². The van der Waals surface area contributed by atoms with Crippen molar-refractivity contribution in [3.8, 4) is 0 Å². The number of halogens is 3. The van der Waals surface area contributed by atoms with Crippen molar-refractivity contribution >= 4 is 17.7 Å². The van der Waals surface area contributed by atoms with Crippen LogP contribution in [0.15, 0.2) is 24.4 Å². The van der Waals surface area contributed by atoms with E-state index in [0.29, 0.717) is 5.69 Å². The van der Waals surface area contributed by atoms with Gasteiger partial charge in [-0.15, -0.1) is 0 Å². The number of aromatic nitrogens is 1. The standard InChI is InChI=1S/C11H14N2O3.C2HF3O2/c12-10(11(15)16)5-4-9(14)7-8-3-1-2-6-13-8;3-2(4,5)1(6)7/h1-3,6,10H,4-5,7,12H2,(H,15,16);(H,6,7)/t10-;/m0./s1. The van der Waals surface area contributed by atoms with Crippen LogP contribution in [-0.4, -0.2) is 45.1 Å². The maximum Gasteiger partial charge on any atom is 0.490 e. The van der Waals surface area contributed by atoms with Gasteiger partial charge in [0.05, 0.1) is 0 Å². The minimum Gasteiger partial charge on any atom is -0.480 e. The van der Waals surface area contributed by atoms with Gasteiger partial charge < -0.3 is 15.9 Å². The second kappa shape index (κ2) is 9.51. The van der Waals surface area contributed by atoms with Crippen molar-refractivity contribution in [1.82, 2.24) is 4.98 Å². The quantitative estimate of drug-likeness (QED) is 0.707. The van der Waals surface area contributed by atoms with E-state index in [1.807, 2.05) is 0 Å². The molecule has 0 aliphatic rings. The molecule has 1 aromatic heterocycles. The van der Waals surface area contributed by atoms with Crippen LogP contribution in [0.25, 0.3) is 0 Å². The van der Waals surface area contributed by atoms with E-state index < -0.39 is 24.2 Å². The number of alkyl halides is 3. The fourth-order valence-electron chi connectivity index (χ4n) is 1.23. The number of hydrogen-bond acceptors (Lipinski definition) is 5. The first kappa shape index (κ1) is 20.5. The molecule has 4 N–H and O–H groups in total. The maximum absolute atomic E-state index is 11.5. The summed E-state index contributed by atoms with van der Waals surface area (Å²) in [5.74, 6) is -3.88. The maximum atomic E-state index is 11.5. The van der Waals surface area contributed by atoms with Crippen LogP contribution < -0.4 is 5.73 Å². The van der Waals surface area contributed by atoms with Crippen molar-refractivity contribution in [1.29, 1.82) is 0 Å². The van der Waals surface area contributed by atoms with Gasteiger partial charge in [0, 0.05) is 24.7 Å². The summed E-state index contributed by atoms with van der Waals surface area (Å²) in [6.07, 6.45) is -2.90. The summed E-state index contributed by atoms with van der Waals surface area (Å²) in [7, 11) is 0. The number of carboxylic acid groups (broad SMARTS) is 2. The van der Waals surface area contributed by atoms with E-state index in [1.54, 1.807) is 24.4 Å². The molecule has 0 spiro atoms. The molecule has 0 radical (unpaired) electrons. The molecule has 0 saturated heterocycles. The number of pyridine rings is 1. The molecule has 1 atom stereocenters. The number of carbonyl (C=O) groups excluding carboxylic acids is 1. The van der Waals surface area contributed by atoms with Crippen LogP contribution in [-0.2, 0) is 20.8 Å². The van der Waals surface area contributed by atoms with E-state index in [4.69, 9.17) is 20.7 Å². The van der Waals surface area contributed by atoms with Gasteiger partial charge in [0.1, 0.15) is 11.8 Å². The second-order valence-electron chi connectivity index (χ2n) is 4.32. The van der Waals surface area contributed by atoms with Crippen LogP contribution in [0.4, 0.5) is 13.2 Å². The predicted molar refractivity (Wildman–Crippen MR) is 71.5 cm³/mol. The highest BCUT2D eigenvalue weighted by molar-refractivity contribution is 5.81. The number of ketones is 1. The fourth-order valence-corrected chi connectivity index (χ4v) is 1.23. The molecule has 0 bridgehead atoms. The topological polar surface area (TPSA) is 131 Å². The highest BCUT2D eigenvalue weighted by Gasteiger charge is 2.38. The van der Waals surface area contributed by atoms with Crippen molar-refractivity contribution in [3.63, 3.8) is 0 Å². The minimum atomic E-state index is -5.08. The van der Waals surface area contributed by atoms with Gasteiger partial charge in [0.25, 0.3) is 0 Å². The summed E-state index contributed by atoms with van der Waals surface area (Å²) >= 11 is 0. The third kappa shape index (κ3) is 9.96. The molecule has 0 saturated carbocycles. The molecule has 0 aromatic carbocycles. The number of nitrogens with two attached hydrogens (primary N) is 1. The highest BCUT2D eigenvalue weighted by atomic mass is 19.4. The van der Waals surface area contributed by atoms with Crippen LogP contribution in [0.1, 0.15) is 18.5 Å². The molecule has 1 heterocycles. The molecule has 0 unspecified atom stereocenters. The first-order valence-corrected chi connectivity index (χ1v) is 6.24. The van der Waals surface area contributed by atoms with Crippen molar-refractivity contribution in [2.45, 2.75) is 31.5 Å². The summed E-state index contributed by atoms with van der Waals surface area (Å²) in [5.41, 5.74) is 5.98. The highest BCUT2D eigenvalue weighted by Crippen LogP contribution is 2.13. The van der Waals surface area contributed by atoms with Crippen molar-refractivity contribution in [2.24, 2.45) is 5.73 Å². The van der Waals surface area contributed by atoms with E-state index in [-0.39, 0.29) is 25.0 Å². The number of hydrogen-bond donors (Lipinski definition) is 3. The van der Waals surface area contributed by atoms with E-state index >= 15 is 0 Å². The van der Waals surface area contributed by atoms with Gasteiger partial charge in [0.15, 0.2) is 0 Å². The zero-order valence-electron chi connectivity index (χ0n) is 11.8. The van der Waals surface area contributed by atoms with Crippen molar-refractivity contribution < 1.29 is 37.8 Å². The average molecular weight is 336 g/mol. The van der Waals surface area contributed by atoms with Gasteiger partial charge in [-0.1, -0.05) is 6.07 Å². The lowest BCUT2D eigenvalue weighted by atomic mass is 10.1. The first-order valence-electron chi connectivity index (χ1n) is 6.24. The molecule has 7 nitrogen and oxygen atoms in total. The Balaban J connectivity index is 0.000000585. The molecule has 1 rings (SSSR count). The van der Waals surface area contributed by atoms with Crippen molar-refractivity contribution in [2.75, 3.05) is 0 Å². The minimum absolute atomic E-state index is 0.0459. The smallest absolute Gasteiger partial charge is 0.480 e. The van der Waals surface area contributed by atoms with Crippen LogP contribution >= 0.6 is 0 Å². The molecule has 23 heavy (non-hydrogen) atoms. The third-order valence-corrected chi connectivity index (χ3v) is 2.40. The Bertz CT molecular complexity index is 534. The lowest BCUT2D eigenvalue weighted by Crippen LogP contribution is -2.30. The Labute approximate surface area is 128 Å². The van der Waals surface area contributed by atoms with Gasteiger partial charge >= 0.3 is 18.1 Å².